The largest absolute Gasteiger partial charge is 0.486 e. The van der Waals surface area contributed by atoms with Crippen LogP contribution in [0.3, 0.4) is 0 Å². The van der Waals surface area contributed by atoms with Crippen molar-refractivity contribution in [1.29, 1.82) is 0 Å². The lowest BCUT2D eigenvalue weighted by Crippen LogP contribution is -2.39. The van der Waals surface area contributed by atoms with E-state index in [4.69, 9.17) is 15.2 Å². The SMILES string of the molecule is CC(CN)N(C)C(=O)CCSc1ccc2c(c1)OCCO2.Cl. The molecule has 1 aromatic carbocycles. The molecule has 1 atom stereocenters. The molecule has 22 heavy (non-hydrogen) atoms. The molecular weight excluding hydrogens is 324 g/mol. The number of likely N-dealkylation sites (N-methyl/N-ethyl adjacent to an activating group) is 1. The predicted molar refractivity (Wildman–Crippen MR) is 91.3 cm³/mol. The maximum Gasteiger partial charge on any atom is 0.223 e. The maximum atomic E-state index is 12.0. The van der Waals surface area contributed by atoms with Crippen molar-refractivity contribution < 1.29 is 14.3 Å². The van der Waals surface area contributed by atoms with E-state index in [1.54, 1.807) is 23.7 Å². The fourth-order valence-electron chi connectivity index (χ4n) is 1.95. The summed E-state index contributed by atoms with van der Waals surface area (Å²) in [5.74, 6) is 2.43. The Kier molecular flexibility index (Phi) is 7.85. The van der Waals surface area contributed by atoms with E-state index in [1.165, 1.54) is 0 Å². The molecule has 0 aliphatic carbocycles. The number of carbonyl (C=O) groups excluding carboxylic acids is 1. The Balaban J connectivity index is 0.00000242. The van der Waals surface area contributed by atoms with Gasteiger partial charge in [0.1, 0.15) is 13.2 Å². The molecule has 1 amide bonds. The van der Waals surface area contributed by atoms with E-state index in [2.05, 4.69) is 0 Å². The van der Waals surface area contributed by atoms with E-state index in [-0.39, 0.29) is 24.4 Å². The lowest BCUT2D eigenvalue weighted by Gasteiger charge is -2.23. The van der Waals surface area contributed by atoms with Gasteiger partial charge in [0, 0.05) is 36.7 Å². The van der Waals surface area contributed by atoms with Crippen LogP contribution in [0.15, 0.2) is 23.1 Å². The van der Waals surface area contributed by atoms with Crippen molar-refractivity contribution in [1.82, 2.24) is 4.90 Å². The summed E-state index contributed by atoms with van der Waals surface area (Å²) in [5, 5.41) is 0. The van der Waals surface area contributed by atoms with E-state index in [1.807, 2.05) is 25.1 Å². The van der Waals surface area contributed by atoms with Gasteiger partial charge in [-0.2, -0.15) is 0 Å². The van der Waals surface area contributed by atoms with Crippen LogP contribution in [-0.4, -0.2) is 49.4 Å². The number of ether oxygens (including phenoxy) is 2. The molecule has 7 heteroatoms. The van der Waals surface area contributed by atoms with Gasteiger partial charge in [-0.1, -0.05) is 0 Å². The van der Waals surface area contributed by atoms with Crippen molar-refractivity contribution in [3.05, 3.63) is 18.2 Å². The van der Waals surface area contributed by atoms with Gasteiger partial charge in [-0.3, -0.25) is 4.79 Å². The smallest absolute Gasteiger partial charge is 0.223 e. The molecule has 0 saturated heterocycles. The zero-order valence-corrected chi connectivity index (χ0v) is 14.5. The Bertz CT molecular complexity index is 502. The van der Waals surface area contributed by atoms with Crippen LogP contribution in [0.4, 0.5) is 0 Å². The Hall–Kier alpha value is -1.11. The number of carbonyl (C=O) groups is 1. The van der Waals surface area contributed by atoms with E-state index in [9.17, 15) is 4.79 Å². The zero-order chi connectivity index (χ0) is 15.2. The first-order valence-electron chi connectivity index (χ1n) is 7.10. The predicted octanol–water partition coefficient (Wildman–Crippen LogP) is 2.17. The Morgan fingerprint density at radius 1 is 1.36 bits per heavy atom. The standard InChI is InChI=1S/C15H22N2O3S.ClH/c1-11(10-16)17(2)15(18)5-8-21-12-3-4-13-14(9-12)20-7-6-19-13;/h3-4,9,11H,5-8,10,16H2,1-2H3;1H. The number of fused-ring (bicyclic) bond motifs is 1. The number of hydrogen-bond donors (Lipinski definition) is 1. The first kappa shape index (κ1) is 18.9. The molecule has 1 aliphatic rings. The number of nitrogens with two attached hydrogens (primary N) is 1. The average molecular weight is 347 g/mol. The van der Waals surface area contributed by atoms with Crippen LogP contribution in [0.2, 0.25) is 0 Å². The van der Waals surface area contributed by atoms with Gasteiger partial charge in [0.05, 0.1) is 0 Å². The first-order chi connectivity index (χ1) is 10.1. The lowest BCUT2D eigenvalue weighted by atomic mass is 10.3. The molecule has 2 rings (SSSR count). The van der Waals surface area contributed by atoms with Gasteiger partial charge < -0.3 is 20.1 Å². The summed E-state index contributed by atoms with van der Waals surface area (Å²) in [5.41, 5.74) is 5.57. The molecule has 1 unspecified atom stereocenters. The molecule has 0 radical (unpaired) electrons. The van der Waals surface area contributed by atoms with Crippen molar-refractivity contribution in [2.75, 3.05) is 32.6 Å². The van der Waals surface area contributed by atoms with Crippen LogP contribution in [0.5, 0.6) is 11.5 Å². The summed E-state index contributed by atoms with van der Waals surface area (Å²) in [7, 11) is 1.80. The zero-order valence-electron chi connectivity index (χ0n) is 12.9. The van der Waals surface area contributed by atoms with Crippen molar-refractivity contribution in [2.24, 2.45) is 5.73 Å². The molecule has 0 spiro atoms. The van der Waals surface area contributed by atoms with Gasteiger partial charge in [0.15, 0.2) is 11.5 Å². The molecular formula is C15H23ClN2O3S. The maximum absolute atomic E-state index is 12.0. The van der Waals surface area contributed by atoms with E-state index < -0.39 is 0 Å². The Morgan fingerprint density at radius 2 is 2.05 bits per heavy atom. The van der Waals surface area contributed by atoms with Gasteiger partial charge in [-0.15, -0.1) is 24.2 Å². The van der Waals surface area contributed by atoms with Crippen LogP contribution < -0.4 is 15.2 Å². The molecule has 124 valence electrons. The number of thioether (sulfide) groups is 1. The minimum absolute atomic E-state index is 0. The summed E-state index contributed by atoms with van der Waals surface area (Å²) < 4.78 is 11.0. The normalized spacial score (nSPS) is 14.0. The topological polar surface area (TPSA) is 64.8 Å². The number of halogens is 1. The minimum atomic E-state index is 0. The van der Waals surface area contributed by atoms with Crippen LogP contribution in [-0.2, 0) is 4.79 Å². The molecule has 1 heterocycles. The molecule has 2 N–H and O–H groups in total. The average Bonchev–Trinajstić information content (AvgIpc) is 2.53. The Labute approximate surface area is 141 Å². The van der Waals surface area contributed by atoms with Crippen molar-refractivity contribution in [3.8, 4) is 11.5 Å². The third-order valence-electron chi connectivity index (χ3n) is 3.49. The number of benzene rings is 1. The summed E-state index contributed by atoms with van der Waals surface area (Å²) in [6, 6.07) is 5.96. The van der Waals surface area contributed by atoms with Crippen molar-refractivity contribution >= 4 is 30.1 Å². The fraction of sp³-hybridized carbons (Fsp3) is 0.533. The highest BCUT2D eigenvalue weighted by atomic mass is 35.5. The van der Waals surface area contributed by atoms with E-state index in [0.29, 0.717) is 26.2 Å². The summed E-state index contributed by atoms with van der Waals surface area (Å²) in [4.78, 5) is 14.8. The number of nitrogens with zero attached hydrogens (tertiary/aromatic N) is 1. The number of amides is 1. The Morgan fingerprint density at radius 3 is 2.73 bits per heavy atom. The molecule has 0 fully saturated rings. The van der Waals surface area contributed by atoms with Crippen LogP contribution in [0.1, 0.15) is 13.3 Å². The minimum Gasteiger partial charge on any atom is -0.486 e. The second-order valence-corrected chi connectivity index (χ2v) is 6.16. The fourth-order valence-corrected chi connectivity index (χ4v) is 2.82. The van der Waals surface area contributed by atoms with E-state index >= 15 is 0 Å². The van der Waals surface area contributed by atoms with Gasteiger partial charge in [-0.05, 0) is 25.1 Å². The van der Waals surface area contributed by atoms with Crippen LogP contribution >= 0.6 is 24.2 Å². The highest BCUT2D eigenvalue weighted by molar-refractivity contribution is 7.99. The molecule has 1 aromatic rings. The van der Waals surface area contributed by atoms with E-state index in [0.717, 1.165) is 22.1 Å². The second-order valence-electron chi connectivity index (χ2n) is 4.99. The van der Waals surface area contributed by atoms with Gasteiger partial charge in [0.2, 0.25) is 5.91 Å². The molecule has 1 aliphatic heterocycles. The molecule has 5 nitrogen and oxygen atoms in total. The quantitative estimate of drug-likeness (QED) is 0.800. The van der Waals surface area contributed by atoms with Gasteiger partial charge >= 0.3 is 0 Å². The van der Waals surface area contributed by atoms with Gasteiger partial charge in [0.25, 0.3) is 0 Å². The summed E-state index contributed by atoms with van der Waals surface area (Å²) in [6.07, 6.45) is 0.500. The number of hydrogen-bond acceptors (Lipinski definition) is 5. The van der Waals surface area contributed by atoms with Crippen molar-refractivity contribution in [3.63, 3.8) is 0 Å². The number of rotatable bonds is 6. The lowest BCUT2D eigenvalue weighted by molar-refractivity contribution is -0.131. The van der Waals surface area contributed by atoms with Crippen LogP contribution in [0, 0.1) is 0 Å². The highest BCUT2D eigenvalue weighted by Crippen LogP contribution is 2.34. The second kappa shape index (κ2) is 9.12. The summed E-state index contributed by atoms with van der Waals surface area (Å²) in [6.45, 7) is 3.62. The summed E-state index contributed by atoms with van der Waals surface area (Å²) >= 11 is 1.64. The van der Waals surface area contributed by atoms with Gasteiger partial charge in [-0.25, -0.2) is 0 Å². The molecule has 0 saturated carbocycles. The first-order valence-corrected chi connectivity index (χ1v) is 8.08. The molecule has 0 aromatic heterocycles. The molecule has 0 bridgehead atoms. The van der Waals surface area contributed by atoms with Crippen molar-refractivity contribution in [2.45, 2.75) is 24.3 Å². The van der Waals surface area contributed by atoms with Crippen LogP contribution in [0.25, 0.3) is 0 Å². The monoisotopic (exact) mass is 346 g/mol. The highest BCUT2D eigenvalue weighted by Gasteiger charge is 2.15. The third kappa shape index (κ3) is 4.97. The third-order valence-corrected chi connectivity index (χ3v) is 4.49.